The maximum absolute atomic E-state index is 12.3. The summed E-state index contributed by atoms with van der Waals surface area (Å²) in [6, 6.07) is 6.47. The summed E-state index contributed by atoms with van der Waals surface area (Å²) >= 11 is 1.29. The number of nitrogens with one attached hydrogen (secondary N) is 1. The maximum atomic E-state index is 12.3. The van der Waals surface area contributed by atoms with Gasteiger partial charge in [0.25, 0.3) is 11.8 Å². The van der Waals surface area contributed by atoms with Gasteiger partial charge in [0.1, 0.15) is 5.00 Å². The molecule has 3 N–H and O–H groups in total. The first-order valence-electron chi connectivity index (χ1n) is 6.40. The van der Waals surface area contributed by atoms with Crippen molar-refractivity contribution < 1.29 is 19.1 Å². The number of hydrogen-bond acceptors (Lipinski definition) is 5. The van der Waals surface area contributed by atoms with E-state index in [1.165, 1.54) is 25.6 Å². The molecule has 0 aliphatic rings. The van der Waals surface area contributed by atoms with E-state index in [9.17, 15) is 9.59 Å². The Kier molecular flexibility index (Phi) is 4.67. The number of anilines is 1. The summed E-state index contributed by atoms with van der Waals surface area (Å²) in [5, 5.41) is 3.14. The van der Waals surface area contributed by atoms with Crippen molar-refractivity contribution in [3.8, 4) is 11.5 Å². The predicted molar refractivity (Wildman–Crippen MR) is 85.1 cm³/mol. The molecule has 2 aromatic rings. The Labute approximate surface area is 131 Å². The molecule has 0 saturated carbocycles. The number of amides is 2. The topological polar surface area (TPSA) is 90.6 Å². The molecule has 0 spiro atoms. The van der Waals surface area contributed by atoms with Crippen molar-refractivity contribution >= 4 is 28.2 Å². The second-order valence-corrected chi connectivity index (χ2v) is 5.74. The van der Waals surface area contributed by atoms with E-state index in [0.29, 0.717) is 27.6 Å². The summed E-state index contributed by atoms with van der Waals surface area (Å²) in [5.41, 5.74) is 6.00. The third-order valence-electron chi connectivity index (χ3n) is 2.99. The molecule has 0 aliphatic heterocycles. The van der Waals surface area contributed by atoms with Crippen molar-refractivity contribution in [2.24, 2.45) is 5.73 Å². The zero-order valence-electron chi connectivity index (χ0n) is 12.4. The molecule has 0 unspecified atom stereocenters. The van der Waals surface area contributed by atoms with Gasteiger partial charge < -0.3 is 20.5 Å². The van der Waals surface area contributed by atoms with Crippen LogP contribution in [0.3, 0.4) is 0 Å². The number of methoxy groups -OCH3 is 2. The molecule has 0 saturated heterocycles. The molecular weight excluding hydrogens is 304 g/mol. The Morgan fingerprint density at radius 1 is 1.14 bits per heavy atom. The highest BCUT2D eigenvalue weighted by Gasteiger charge is 2.16. The second kappa shape index (κ2) is 6.48. The van der Waals surface area contributed by atoms with Crippen LogP contribution in [0.4, 0.5) is 5.00 Å². The average Bonchev–Trinajstić information content (AvgIpc) is 2.87. The zero-order valence-corrected chi connectivity index (χ0v) is 13.2. The van der Waals surface area contributed by atoms with Crippen LogP contribution < -0.4 is 20.5 Å². The van der Waals surface area contributed by atoms with Gasteiger partial charge >= 0.3 is 0 Å². The first-order chi connectivity index (χ1) is 10.5. The van der Waals surface area contributed by atoms with Crippen LogP contribution in [0.15, 0.2) is 24.3 Å². The summed E-state index contributed by atoms with van der Waals surface area (Å²) in [6.07, 6.45) is 0. The minimum atomic E-state index is -0.577. The van der Waals surface area contributed by atoms with Crippen LogP contribution in [0.25, 0.3) is 0 Å². The van der Waals surface area contributed by atoms with Crippen LogP contribution in [0.2, 0.25) is 0 Å². The summed E-state index contributed by atoms with van der Waals surface area (Å²) < 4.78 is 10.3. The van der Waals surface area contributed by atoms with Crippen LogP contribution in [-0.2, 0) is 0 Å². The van der Waals surface area contributed by atoms with Crippen molar-refractivity contribution in [3.05, 3.63) is 40.3 Å². The third kappa shape index (κ3) is 3.20. The van der Waals surface area contributed by atoms with Crippen molar-refractivity contribution in [3.63, 3.8) is 0 Å². The van der Waals surface area contributed by atoms with E-state index in [1.807, 2.05) is 6.92 Å². The standard InChI is InChI=1S/C15H16N2O4S/c1-8-6-10(13(16)18)15(22-8)17-14(19)9-4-5-11(20-2)12(7-9)21-3/h4-7H,1-3H3,(H2,16,18)(H,17,19). The van der Waals surface area contributed by atoms with Gasteiger partial charge in [-0.2, -0.15) is 0 Å². The van der Waals surface area contributed by atoms with Gasteiger partial charge in [0.2, 0.25) is 0 Å². The Hall–Kier alpha value is -2.54. The number of benzene rings is 1. The monoisotopic (exact) mass is 320 g/mol. The number of thiophene rings is 1. The molecule has 6 nitrogen and oxygen atoms in total. The van der Waals surface area contributed by atoms with Crippen molar-refractivity contribution in [2.45, 2.75) is 6.92 Å². The second-order valence-electron chi connectivity index (χ2n) is 4.49. The minimum Gasteiger partial charge on any atom is -0.493 e. The summed E-state index contributed by atoms with van der Waals surface area (Å²) in [6.45, 7) is 1.84. The van der Waals surface area contributed by atoms with Crippen LogP contribution in [0, 0.1) is 6.92 Å². The Morgan fingerprint density at radius 2 is 1.82 bits per heavy atom. The van der Waals surface area contributed by atoms with Gasteiger partial charge in [0, 0.05) is 10.4 Å². The van der Waals surface area contributed by atoms with Crippen LogP contribution in [-0.4, -0.2) is 26.0 Å². The number of hydrogen-bond donors (Lipinski definition) is 2. The zero-order chi connectivity index (χ0) is 16.3. The maximum Gasteiger partial charge on any atom is 0.256 e. The number of carbonyl (C=O) groups is 2. The fourth-order valence-electron chi connectivity index (χ4n) is 1.94. The van der Waals surface area contributed by atoms with Gasteiger partial charge in [-0.25, -0.2) is 0 Å². The van der Waals surface area contributed by atoms with E-state index in [-0.39, 0.29) is 5.91 Å². The highest BCUT2D eigenvalue weighted by Crippen LogP contribution is 2.30. The van der Waals surface area contributed by atoms with Crippen molar-refractivity contribution in [1.29, 1.82) is 0 Å². The van der Waals surface area contributed by atoms with E-state index in [2.05, 4.69) is 5.32 Å². The third-order valence-corrected chi connectivity index (χ3v) is 3.96. The van der Waals surface area contributed by atoms with E-state index < -0.39 is 5.91 Å². The lowest BCUT2D eigenvalue weighted by molar-refractivity contribution is 0.100. The normalized spacial score (nSPS) is 10.1. The number of aryl methyl sites for hydroxylation is 1. The molecule has 0 aliphatic carbocycles. The average molecular weight is 320 g/mol. The molecule has 2 rings (SSSR count). The molecule has 0 fully saturated rings. The van der Waals surface area contributed by atoms with E-state index >= 15 is 0 Å². The molecule has 1 aromatic heterocycles. The number of rotatable bonds is 5. The lowest BCUT2D eigenvalue weighted by atomic mass is 10.2. The lowest BCUT2D eigenvalue weighted by Gasteiger charge is -2.09. The fraction of sp³-hybridized carbons (Fsp3) is 0.200. The van der Waals surface area contributed by atoms with Gasteiger partial charge in [-0.05, 0) is 31.2 Å². The number of nitrogens with two attached hydrogens (primary N) is 1. The quantitative estimate of drug-likeness (QED) is 0.885. The molecule has 1 heterocycles. The molecule has 116 valence electrons. The first-order valence-corrected chi connectivity index (χ1v) is 7.21. The van der Waals surface area contributed by atoms with E-state index in [4.69, 9.17) is 15.2 Å². The molecule has 1 aromatic carbocycles. The molecule has 2 amide bonds. The summed E-state index contributed by atoms with van der Waals surface area (Å²) in [4.78, 5) is 24.6. The van der Waals surface area contributed by atoms with Crippen LogP contribution in [0.1, 0.15) is 25.6 Å². The number of carbonyl (C=O) groups excluding carboxylic acids is 2. The predicted octanol–water partition coefficient (Wildman–Crippen LogP) is 2.42. The molecule has 0 radical (unpaired) electrons. The summed E-state index contributed by atoms with van der Waals surface area (Å²) in [7, 11) is 3.01. The molecule has 0 bridgehead atoms. The van der Waals surface area contributed by atoms with Gasteiger partial charge in [-0.1, -0.05) is 0 Å². The highest BCUT2D eigenvalue weighted by atomic mass is 32.1. The van der Waals surface area contributed by atoms with Gasteiger partial charge in [0.05, 0.1) is 19.8 Å². The largest absolute Gasteiger partial charge is 0.493 e. The van der Waals surface area contributed by atoms with Gasteiger partial charge in [-0.15, -0.1) is 11.3 Å². The van der Waals surface area contributed by atoms with Crippen molar-refractivity contribution in [1.82, 2.24) is 0 Å². The Morgan fingerprint density at radius 3 is 2.41 bits per heavy atom. The minimum absolute atomic E-state index is 0.302. The number of ether oxygens (including phenoxy) is 2. The van der Waals surface area contributed by atoms with Gasteiger partial charge in [-0.3, -0.25) is 9.59 Å². The fourth-order valence-corrected chi connectivity index (χ4v) is 2.85. The molecule has 0 atom stereocenters. The molecular formula is C15H16N2O4S. The smallest absolute Gasteiger partial charge is 0.256 e. The van der Waals surface area contributed by atoms with Crippen molar-refractivity contribution in [2.75, 3.05) is 19.5 Å². The Bertz CT molecular complexity index is 724. The van der Waals surface area contributed by atoms with Crippen LogP contribution in [0.5, 0.6) is 11.5 Å². The van der Waals surface area contributed by atoms with E-state index in [0.717, 1.165) is 4.88 Å². The number of primary amides is 1. The molecule has 22 heavy (non-hydrogen) atoms. The highest BCUT2D eigenvalue weighted by molar-refractivity contribution is 7.16. The lowest BCUT2D eigenvalue weighted by Crippen LogP contribution is -2.16. The Balaban J connectivity index is 2.28. The summed E-state index contributed by atoms with van der Waals surface area (Å²) in [5.74, 6) is 0.0498. The first kappa shape index (κ1) is 15.8. The van der Waals surface area contributed by atoms with Gasteiger partial charge in [0.15, 0.2) is 11.5 Å². The SMILES string of the molecule is COc1ccc(C(=O)Nc2sc(C)cc2C(N)=O)cc1OC. The molecule has 7 heteroatoms. The van der Waals surface area contributed by atoms with E-state index in [1.54, 1.807) is 24.3 Å². The van der Waals surface area contributed by atoms with Crippen LogP contribution >= 0.6 is 11.3 Å².